The van der Waals surface area contributed by atoms with Gasteiger partial charge in [-0.15, -0.1) is 0 Å². The maximum absolute atomic E-state index is 9.55. The van der Waals surface area contributed by atoms with E-state index >= 15 is 0 Å². The van der Waals surface area contributed by atoms with E-state index in [9.17, 15) is 5.11 Å². The van der Waals surface area contributed by atoms with Crippen LogP contribution in [0.5, 0.6) is 0 Å². The Hall–Kier alpha value is -0.960. The summed E-state index contributed by atoms with van der Waals surface area (Å²) in [6.45, 7) is 0. The highest BCUT2D eigenvalue weighted by Crippen LogP contribution is 2.38. The lowest BCUT2D eigenvalue weighted by molar-refractivity contribution is 0.140. The summed E-state index contributed by atoms with van der Waals surface area (Å²) in [7, 11) is 0. The minimum atomic E-state index is -0.356. The second kappa shape index (κ2) is 2.83. The van der Waals surface area contributed by atoms with E-state index in [2.05, 4.69) is 9.97 Å². The highest BCUT2D eigenvalue weighted by molar-refractivity contribution is 5.02. The minimum Gasteiger partial charge on any atom is -0.390 e. The van der Waals surface area contributed by atoms with Crippen LogP contribution in [-0.4, -0.2) is 20.7 Å². The molecule has 1 fully saturated rings. The topological polar surface area (TPSA) is 46.0 Å². The molecule has 1 saturated carbocycles. The molecule has 12 heavy (non-hydrogen) atoms. The zero-order chi connectivity index (χ0) is 8.44. The summed E-state index contributed by atoms with van der Waals surface area (Å²) >= 11 is 0. The molecule has 0 atom stereocenters. The lowest BCUT2D eigenvalue weighted by Crippen LogP contribution is -2.08. The normalized spacial score (nSPS) is 19.1. The van der Waals surface area contributed by atoms with Crippen molar-refractivity contribution >= 4 is 0 Å². The highest BCUT2D eigenvalue weighted by atomic mass is 16.3. The molecule has 0 unspecified atom stereocenters. The van der Waals surface area contributed by atoms with Crippen molar-refractivity contribution in [3.63, 3.8) is 0 Å². The maximum Gasteiger partial charge on any atom is 0.115 e. The second-order valence-corrected chi connectivity index (χ2v) is 3.43. The first-order chi connectivity index (χ1) is 5.79. The Morgan fingerprint density at radius 1 is 1.50 bits per heavy atom. The zero-order valence-corrected chi connectivity index (χ0v) is 6.90. The van der Waals surface area contributed by atoms with Crippen LogP contribution >= 0.6 is 0 Å². The Morgan fingerprint density at radius 2 is 2.33 bits per heavy atom. The summed E-state index contributed by atoms with van der Waals surface area (Å²) in [6.07, 6.45) is 6.89. The lowest BCUT2D eigenvalue weighted by Gasteiger charge is -2.05. The van der Waals surface area contributed by atoms with Crippen LogP contribution in [0.3, 0.4) is 0 Å². The molecule has 0 bridgehead atoms. The van der Waals surface area contributed by atoms with Crippen LogP contribution in [0.4, 0.5) is 0 Å². The lowest BCUT2D eigenvalue weighted by atomic mass is 10.1. The van der Waals surface area contributed by atoms with Crippen molar-refractivity contribution in [3.8, 4) is 0 Å². The van der Waals surface area contributed by atoms with E-state index in [0.29, 0.717) is 0 Å². The zero-order valence-electron chi connectivity index (χ0n) is 6.90. The van der Waals surface area contributed by atoms with Crippen LogP contribution < -0.4 is 0 Å². The van der Waals surface area contributed by atoms with E-state index in [4.69, 9.17) is 0 Å². The summed E-state index contributed by atoms with van der Waals surface area (Å²) < 4.78 is 0. The van der Waals surface area contributed by atoms with Crippen molar-refractivity contribution in [2.24, 2.45) is 0 Å². The van der Waals surface area contributed by atoms with Gasteiger partial charge >= 0.3 is 0 Å². The molecule has 1 aliphatic carbocycles. The molecule has 1 heterocycles. The minimum absolute atomic E-state index is 0.356. The average Bonchev–Trinajstić information content (AvgIpc) is 2.84. The second-order valence-electron chi connectivity index (χ2n) is 3.43. The van der Waals surface area contributed by atoms with Gasteiger partial charge in [0.05, 0.1) is 5.60 Å². The standard InChI is InChI=1S/C9H12N2O/c12-9(4-5-9)3-1-8-2-6-10-7-11-8/h2,6-7,12H,1,3-5H2. The largest absolute Gasteiger partial charge is 0.390 e. The van der Waals surface area contributed by atoms with E-state index < -0.39 is 0 Å². The molecule has 1 aliphatic rings. The van der Waals surface area contributed by atoms with E-state index in [0.717, 1.165) is 31.4 Å². The number of rotatable bonds is 3. The summed E-state index contributed by atoms with van der Waals surface area (Å²) in [5, 5.41) is 9.55. The molecule has 0 saturated heterocycles. The van der Waals surface area contributed by atoms with Gasteiger partial charge in [-0.05, 0) is 31.7 Å². The molecule has 1 N–H and O–H groups in total. The van der Waals surface area contributed by atoms with Gasteiger partial charge < -0.3 is 5.11 Å². The fourth-order valence-electron chi connectivity index (χ4n) is 1.22. The molecule has 3 nitrogen and oxygen atoms in total. The Labute approximate surface area is 71.5 Å². The van der Waals surface area contributed by atoms with Crippen LogP contribution in [0.1, 0.15) is 25.0 Å². The molecule has 1 aromatic rings. The summed E-state index contributed by atoms with van der Waals surface area (Å²) in [6, 6.07) is 1.89. The third kappa shape index (κ3) is 1.80. The fraction of sp³-hybridized carbons (Fsp3) is 0.556. The first-order valence-corrected chi connectivity index (χ1v) is 4.26. The predicted octanol–water partition coefficient (Wildman–Crippen LogP) is 0.934. The van der Waals surface area contributed by atoms with Gasteiger partial charge in [0.25, 0.3) is 0 Å². The Morgan fingerprint density at radius 3 is 2.92 bits per heavy atom. The van der Waals surface area contributed by atoms with Gasteiger partial charge in [-0.3, -0.25) is 0 Å². The van der Waals surface area contributed by atoms with E-state index in [1.54, 1.807) is 12.5 Å². The molecule has 64 valence electrons. The van der Waals surface area contributed by atoms with Crippen molar-refractivity contribution in [2.45, 2.75) is 31.3 Å². The number of nitrogens with zero attached hydrogens (tertiary/aromatic N) is 2. The average molecular weight is 164 g/mol. The highest BCUT2D eigenvalue weighted by Gasteiger charge is 2.39. The van der Waals surface area contributed by atoms with Crippen molar-refractivity contribution in [1.29, 1.82) is 0 Å². The molecule has 0 radical (unpaired) electrons. The van der Waals surface area contributed by atoms with E-state index in [-0.39, 0.29) is 5.60 Å². The van der Waals surface area contributed by atoms with Gasteiger partial charge in [-0.1, -0.05) is 0 Å². The van der Waals surface area contributed by atoms with Gasteiger partial charge in [0, 0.05) is 11.9 Å². The molecule has 0 spiro atoms. The summed E-state index contributed by atoms with van der Waals surface area (Å²) in [5.41, 5.74) is 0.663. The molecule has 0 amide bonds. The Bertz CT molecular complexity index is 256. The van der Waals surface area contributed by atoms with Gasteiger partial charge in [0.1, 0.15) is 6.33 Å². The van der Waals surface area contributed by atoms with Crippen molar-refractivity contribution in [2.75, 3.05) is 0 Å². The number of hydrogen-bond acceptors (Lipinski definition) is 3. The Balaban J connectivity index is 1.88. The van der Waals surface area contributed by atoms with Crippen molar-refractivity contribution < 1.29 is 5.11 Å². The van der Waals surface area contributed by atoms with Crippen molar-refractivity contribution in [3.05, 3.63) is 24.3 Å². The first-order valence-electron chi connectivity index (χ1n) is 4.26. The van der Waals surface area contributed by atoms with Crippen LogP contribution in [-0.2, 0) is 6.42 Å². The quantitative estimate of drug-likeness (QED) is 0.723. The van der Waals surface area contributed by atoms with Gasteiger partial charge in [-0.2, -0.15) is 0 Å². The van der Waals surface area contributed by atoms with E-state index in [1.807, 2.05) is 6.07 Å². The summed E-state index contributed by atoms with van der Waals surface area (Å²) in [5.74, 6) is 0. The van der Waals surface area contributed by atoms with E-state index in [1.165, 1.54) is 0 Å². The number of aromatic nitrogens is 2. The van der Waals surface area contributed by atoms with Crippen LogP contribution in [0.2, 0.25) is 0 Å². The molecule has 2 rings (SSSR count). The predicted molar refractivity (Wildman–Crippen MR) is 44.5 cm³/mol. The molecule has 0 aliphatic heterocycles. The smallest absolute Gasteiger partial charge is 0.115 e. The number of aliphatic hydroxyl groups is 1. The SMILES string of the molecule is OC1(CCc2ccncn2)CC1. The van der Waals surface area contributed by atoms with Gasteiger partial charge in [-0.25, -0.2) is 9.97 Å². The molecule has 0 aromatic carbocycles. The molecular weight excluding hydrogens is 152 g/mol. The third-order valence-electron chi connectivity index (χ3n) is 2.32. The molecular formula is C9H12N2O. The van der Waals surface area contributed by atoms with Crippen LogP contribution in [0, 0.1) is 0 Å². The fourth-order valence-corrected chi connectivity index (χ4v) is 1.22. The number of hydrogen-bond donors (Lipinski definition) is 1. The van der Waals surface area contributed by atoms with Crippen LogP contribution in [0.25, 0.3) is 0 Å². The first kappa shape index (κ1) is 7.68. The summed E-state index contributed by atoms with van der Waals surface area (Å²) in [4.78, 5) is 7.92. The number of aryl methyl sites for hydroxylation is 1. The molecule has 3 heteroatoms. The molecule has 1 aromatic heterocycles. The van der Waals surface area contributed by atoms with Crippen LogP contribution in [0.15, 0.2) is 18.6 Å². The van der Waals surface area contributed by atoms with Crippen molar-refractivity contribution in [1.82, 2.24) is 9.97 Å². The monoisotopic (exact) mass is 164 g/mol. The van der Waals surface area contributed by atoms with Gasteiger partial charge in [0.15, 0.2) is 0 Å². The Kier molecular flexibility index (Phi) is 1.81. The van der Waals surface area contributed by atoms with Gasteiger partial charge in [0.2, 0.25) is 0 Å². The maximum atomic E-state index is 9.55. The third-order valence-corrected chi connectivity index (χ3v) is 2.32.